The summed E-state index contributed by atoms with van der Waals surface area (Å²) in [6.45, 7) is 0.623. The van der Waals surface area contributed by atoms with Gasteiger partial charge in [-0.2, -0.15) is 5.26 Å². The summed E-state index contributed by atoms with van der Waals surface area (Å²) in [7, 11) is 0. The van der Waals surface area contributed by atoms with E-state index in [0.29, 0.717) is 6.54 Å². The molecule has 2 N–H and O–H groups in total. The van der Waals surface area contributed by atoms with Gasteiger partial charge < -0.3 is 5.73 Å². The molecule has 0 saturated carbocycles. The number of hydrogen-bond donors (Lipinski definition) is 1. The van der Waals surface area contributed by atoms with Crippen LogP contribution in [0.1, 0.15) is 6.42 Å². The molecule has 0 unspecified atom stereocenters. The molecule has 0 heterocycles. The van der Waals surface area contributed by atoms with Crippen molar-refractivity contribution >= 4 is 0 Å². The van der Waals surface area contributed by atoms with Gasteiger partial charge in [-0.05, 0) is 13.0 Å². The predicted octanol–water partition coefficient (Wildman–Crippen LogP) is 0.415. The van der Waals surface area contributed by atoms with Crippen molar-refractivity contribution < 1.29 is 0 Å². The van der Waals surface area contributed by atoms with Crippen LogP contribution in [0.4, 0.5) is 0 Å². The van der Waals surface area contributed by atoms with Crippen LogP contribution in [-0.2, 0) is 0 Å². The summed E-state index contributed by atoms with van der Waals surface area (Å²) >= 11 is 0. The second kappa shape index (κ2) is 5.19. The Morgan fingerprint density at radius 1 is 1.71 bits per heavy atom. The van der Waals surface area contributed by atoms with E-state index in [0.717, 1.165) is 6.42 Å². The molecule has 0 fully saturated rings. The minimum Gasteiger partial charge on any atom is -0.330 e. The van der Waals surface area contributed by atoms with E-state index in [4.69, 9.17) is 11.0 Å². The SMILES string of the molecule is N#C/C=C/CCN. The zero-order valence-electron chi connectivity index (χ0n) is 4.09. The molecule has 0 aliphatic rings. The Morgan fingerprint density at radius 2 is 2.43 bits per heavy atom. The van der Waals surface area contributed by atoms with Gasteiger partial charge in [0, 0.05) is 6.08 Å². The van der Waals surface area contributed by atoms with Crippen LogP contribution in [0, 0.1) is 11.3 Å². The van der Waals surface area contributed by atoms with Crippen LogP contribution in [0.2, 0.25) is 0 Å². The summed E-state index contributed by atoms with van der Waals surface area (Å²) in [4.78, 5) is 0. The van der Waals surface area contributed by atoms with Crippen LogP contribution in [-0.4, -0.2) is 6.54 Å². The molecule has 0 amide bonds. The van der Waals surface area contributed by atoms with Crippen molar-refractivity contribution in [3.63, 3.8) is 0 Å². The maximum atomic E-state index is 7.92. The number of nitriles is 1. The first kappa shape index (κ1) is 6.19. The molecule has 2 heteroatoms. The Kier molecular flexibility index (Phi) is 4.59. The molecule has 0 aliphatic carbocycles. The Hall–Kier alpha value is -0.810. The van der Waals surface area contributed by atoms with Crippen LogP contribution < -0.4 is 5.73 Å². The largest absolute Gasteiger partial charge is 0.330 e. The summed E-state index contributed by atoms with van der Waals surface area (Å²) in [5, 5.41) is 7.92. The molecular weight excluding hydrogens is 88.1 g/mol. The second-order valence-corrected chi connectivity index (χ2v) is 1.11. The summed E-state index contributed by atoms with van der Waals surface area (Å²) < 4.78 is 0. The third-order valence-electron chi connectivity index (χ3n) is 0.526. The highest BCUT2D eigenvalue weighted by molar-refractivity contribution is 5.01. The van der Waals surface area contributed by atoms with Gasteiger partial charge in [0.25, 0.3) is 0 Å². The van der Waals surface area contributed by atoms with E-state index in [1.54, 1.807) is 6.08 Å². The topological polar surface area (TPSA) is 49.8 Å². The fourth-order valence-corrected chi connectivity index (χ4v) is 0.232. The number of hydrogen-bond acceptors (Lipinski definition) is 2. The van der Waals surface area contributed by atoms with Crippen molar-refractivity contribution in [3.8, 4) is 6.07 Å². The zero-order chi connectivity index (χ0) is 5.54. The number of rotatable bonds is 2. The van der Waals surface area contributed by atoms with E-state index >= 15 is 0 Å². The Bertz CT molecular complexity index is 88.7. The lowest BCUT2D eigenvalue weighted by atomic mass is 10.4. The minimum atomic E-state index is 0.623. The van der Waals surface area contributed by atoms with E-state index < -0.39 is 0 Å². The molecular formula is C5H8N2. The molecule has 0 rings (SSSR count). The van der Waals surface area contributed by atoms with Crippen LogP contribution in [0.25, 0.3) is 0 Å². The van der Waals surface area contributed by atoms with E-state index in [1.165, 1.54) is 6.08 Å². The van der Waals surface area contributed by atoms with Crippen LogP contribution in [0.5, 0.6) is 0 Å². The molecule has 0 aromatic carbocycles. The van der Waals surface area contributed by atoms with E-state index in [-0.39, 0.29) is 0 Å². The molecule has 0 saturated heterocycles. The first-order valence-corrected chi connectivity index (χ1v) is 2.16. The van der Waals surface area contributed by atoms with E-state index in [9.17, 15) is 0 Å². The highest BCUT2D eigenvalue weighted by atomic mass is 14.5. The average Bonchev–Trinajstić information content (AvgIpc) is 1.69. The van der Waals surface area contributed by atoms with Crippen molar-refractivity contribution in [2.24, 2.45) is 5.73 Å². The predicted molar refractivity (Wildman–Crippen MR) is 28.4 cm³/mol. The molecule has 7 heavy (non-hydrogen) atoms. The maximum Gasteiger partial charge on any atom is 0.0908 e. The van der Waals surface area contributed by atoms with Gasteiger partial charge in [0.05, 0.1) is 6.07 Å². The van der Waals surface area contributed by atoms with Gasteiger partial charge in [0.2, 0.25) is 0 Å². The van der Waals surface area contributed by atoms with Gasteiger partial charge in [-0.3, -0.25) is 0 Å². The molecule has 0 aromatic rings. The van der Waals surface area contributed by atoms with Gasteiger partial charge in [0.1, 0.15) is 0 Å². The van der Waals surface area contributed by atoms with Crippen molar-refractivity contribution in [1.82, 2.24) is 0 Å². The molecule has 0 atom stereocenters. The van der Waals surface area contributed by atoms with Gasteiger partial charge in [-0.15, -0.1) is 0 Å². The lowest BCUT2D eigenvalue weighted by molar-refractivity contribution is 1.01. The van der Waals surface area contributed by atoms with Gasteiger partial charge in [0.15, 0.2) is 0 Å². The fourth-order valence-electron chi connectivity index (χ4n) is 0.232. The lowest BCUT2D eigenvalue weighted by Crippen LogP contribution is -1.94. The molecule has 0 aromatic heterocycles. The first-order valence-electron chi connectivity index (χ1n) is 2.16. The Morgan fingerprint density at radius 3 is 2.86 bits per heavy atom. The molecule has 0 spiro atoms. The number of nitrogens with zero attached hydrogens (tertiary/aromatic N) is 1. The highest BCUT2D eigenvalue weighted by Crippen LogP contribution is 1.74. The summed E-state index contributed by atoms with van der Waals surface area (Å²) in [5.74, 6) is 0. The van der Waals surface area contributed by atoms with Gasteiger partial charge in [-0.25, -0.2) is 0 Å². The molecule has 0 aliphatic heterocycles. The van der Waals surface area contributed by atoms with Crippen molar-refractivity contribution in [1.29, 1.82) is 5.26 Å². The van der Waals surface area contributed by atoms with Crippen LogP contribution in [0.15, 0.2) is 12.2 Å². The monoisotopic (exact) mass is 96.1 g/mol. The number of allylic oxidation sites excluding steroid dienone is 1. The quantitative estimate of drug-likeness (QED) is 0.506. The Labute approximate surface area is 43.2 Å². The van der Waals surface area contributed by atoms with Gasteiger partial charge in [-0.1, -0.05) is 6.08 Å². The molecule has 38 valence electrons. The third-order valence-corrected chi connectivity index (χ3v) is 0.526. The smallest absolute Gasteiger partial charge is 0.0908 e. The standard InChI is InChI=1S/C5H8N2/c6-4-2-1-3-5-7/h1-2H,3,5,7H2/b2-1+. The minimum absolute atomic E-state index is 0.623. The van der Waals surface area contributed by atoms with Gasteiger partial charge >= 0.3 is 0 Å². The third kappa shape index (κ3) is 5.19. The average molecular weight is 96.1 g/mol. The highest BCUT2D eigenvalue weighted by Gasteiger charge is 1.67. The summed E-state index contributed by atoms with van der Waals surface area (Å²) in [6, 6.07) is 1.87. The van der Waals surface area contributed by atoms with Crippen LogP contribution in [0.3, 0.4) is 0 Å². The Balaban J connectivity index is 2.97. The maximum absolute atomic E-state index is 7.92. The molecule has 0 bridgehead atoms. The van der Waals surface area contributed by atoms with Crippen molar-refractivity contribution in [2.45, 2.75) is 6.42 Å². The van der Waals surface area contributed by atoms with Crippen molar-refractivity contribution in [3.05, 3.63) is 12.2 Å². The van der Waals surface area contributed by atoms with Crippen molar-refractivity contribution in [2.75, 3.05) is 6.54 Å². The summed E-state index contributed by atoms with van der Waals surface area (Å²) in [6.07, 6.45) is 3.99. The lowest BCUT2D eigenvalue weighted by Gasteiger charge is -1.76. The van der Waals surface area contributed by atoms with Crippen LogP contribution >= 0.6 is 0 Å². The molecule has 2 nitrogen and oxygen atoms in total. The normalized spacial score (nSPS) is 9.14. The zero-order valence-corrected chi connectivity index (χ0v) is 4.09. The first-order chi connectivity index (χ1) is 3.41. The second-order valence-electron chi connectivity index (χ2n) is 1.11. The summed E-state index contributed by atoms with van der Waals surface area (Å²) in [5.41, 5.74) is 5.11. The van der Waals surface area contributed by atoms with E-state index in [2.05, 4.69) is 0 Å². The number of nitrogens with two attached hydrogens (primary N) is 1. The molecule has 0 radical (unpaired) electrons. The fraction of sp³-hybridized carbons (Fsp3) is 0.400. The van der Waals surface area contributed by atoms with E-state index in [1.807, 2.05) is 6.07 Å².